The van der Waals surface area contributed by atoms with Gasteiger partial charge in [0.15, 0.2) is 0 Å². The van der Waals surface area contributed by atoms with E-state index in [0.717, 1.165) is 33.5 Å². The molecule has 0 aliphatic carbocycles. The molecule has 0 fully saturated rings. The second-order valence-electron chi connectivity index (χ2n) is 6.73. The Labute approximate surface area is 182 Å². The van der Waals surface area contributed by atoms with Gasteiger partial charge in [0.2, 0.25) is 21.1 Å². The van der Waals surface area contributed by atoms with Crippen molar-refractivity contribution in [1.82, 2.24) is 10.2 Å². The smallest absolute Gasteiger partial charge is 0.271 e. The van der Waals surface area contributed by atoms with Crippen LogP contribution < -0.4 is 9.62 Å². The van der Waals surface area contributed by atoms with E-state index >= 15 is 0 Å². The number of hydrogen-bond acceptors (Lipinski definition) is 8. The van der Waals surface area contributed by atoms with Crippen LogP contribution in [0.5, 0.6) is 0 Å². The summed E-state index contributed by atoms with van der Waals surface area (Å²) in [7, 11) is -3.94. The monoisotopic (exact) mass is 461 g/mol. The summed E-state index contributed by atoms with van der Waals surface area (Å²) >= 11 is 1.14. The molecule has 0 aliphatic heterocycles. The van der Waals surface area contributed by atoms with Crippen LogP contribution in [-0.2, 0) is 14.8 Å². The van der Waals surface area contributed by atoms with E-state index in [1.807, 2.05) is 30.3 Å². The number of hydrogen-bond donors (Lipinski definition) is 1. The molecule has 0 saturated carbocycles. The van der Waals surface area contributed by atoms with Gasteiger partial charge < -0.3 is 0 Å². The summed E-state index contributed by atoms with van der Waals surface area (Å²) in [6.07, 6.45) is 0.938. The molecule has 2 aromatic carbocycles. The Morgan fingerprint density at radius 1 is 1.19 bits per heavy atom. The molecule has 1 heterocycles. The molecule has 3 aromatic rings. The molecule has 1 atom stereocenters. The Balaban J connectivity index is 1.89. The second-order valence-corrected chi connectivity index (χ2v) is 9.57. The van der Waals surface area contributed by atoms with Crippen LogP contribution in [0.15, 0.2) is 48.5 Å². The zero-order valence-corrected chi connectivity index (χ0v) is 18.5. The van der Waals surface area contributed by atoms with Crippen LogP contribution in [0.4, 0.5) is 16.5 Å². The number of sulfonamides is 1. The van der Waals surface area contributed by atoms with Crippen molar-refractivity contribution in [3.05, 3.63) is 64.2 Å². The molecule has 1 aromatic heterocycles. The lowest BCUT2D eigenvalue weighted by Crippen LogP contribution is -2.45. The van der Waals surface area contributed by atoms with Crippen LogP contribution in [0.2, 0.25) is 0 Å². The van der Waals surface area contributed by atoms with Gasteiger partial charge in [-0.2, -0.15) is 0 Å². The Bertz CT molecular complexity index is 1230. The standard InChI is InChI=1S/C19H19N5O5S2/c1-12-9-10-15(24(26)27)11-16(12)23(31(3,28)29)13(2)17(25)20-19-22-21-18(30-19)14-7-5-4-6-8-14/h4-11,13H,1-3H3,(H,20,22,25)/t13-/m0/s1. The highest BCUT2D eigenvalue weighted by Gasteiger charge is 2.31. The number of nitro benzene ring substituents is 1. The third-order valence-electron chi connectivity index (χ3n) is 4.41. The maximum Gasteiger partial charge on any atom is 0.271 e. The van der Waals surface area contributed by atoms with Gasteiger partial charge in [-0.25, -0.2) is 8.42 Å². The van der Waals surface area contributed by atoms with Gasteiger partial charge in [-0.05, 0) is 19.4 Å². The average molecular weight is 462 g/mol. The number of rotatable bonds is 7. The van der Waals surface area contributed by atoms with Gasteiger partial charge in [0.25, 0.3) is 5.69 Å². The minimum atomic E-state index is -3.94. The number of nitro groups is 1. The van der Waals surface area contributed by atoms with E-state index in [1.165, 1.54) is 19.1 Å². The first-order valence-electron chi connectivity index (χ1n) is 9.02. The van der Waals surface area contributed by atoms with Crippen molar-refractivity contribution in [1.29, 1.82) is 0 Å². The number of non-ortho nitro benzene ring substituents is 1. The predicted octanol–water partition coefficient (Wildman–Crippen LogP) is 3.21. The van der Waals surface area contributed by atoms with Crippen LogP contribution in [0.1, 0.15) is 12.5 Å². The largest absolute Gasteiger partial charge is 0.299 e. The third kappa shape index (κ3) is 5.03. The molecule has 3 rings (SSSR count). The second kappa shape index (κ2) is 8.78. The molecule has 0 radical (unpaired) electrons. The lowest BCUT2D eigenvalue weighted by molar-refractivity contribution is -0.384. The summed E-state index contributed by atoms with van der Waals surface area (Å²) in [6, 6.07) is 11.9. The highest BCUT2D eigenvalue weighted by atomic mass is 32.2. The Morgan fingerprint density at radius 2 is 1.87 bits per heavy atom. The van der Waals surface area contributed by atoms with E-state index in [1.54, 1.807) is 6.92 Å². The van der Waals surface area contributed by atoms with Gasteiger partial charge in [0.1, 0.15) is 11.0 Å². The Hall–Kier alpha value is -3.38. The molecular formula is C19H19N5O5S2. The van der Waals surface area contributed by atoms with Crippen molar-refractivity contribution in [3.63, 3.8) is 0 Å². The number of carbonyl (C=O) groups excluding carboxylic acids is 1. The van der Waals surface area contributed by atoms with E-state index in [-0.39, 0.29) is 16.5 Å². The molecule has 0 bridgehead atoms. The van der Waals surface area contributed by atoms with Crippen LogP contribution in [0.25, 0.3) is 10.6 Å². The maximum atomic E-state index is 12.8. The highest BCUT2D eigenvalue weighted by Crippen LogP contribution is 2.30. The van der Waals surface area contributed by atoms with Crippen molar-refractivity contribution in [2.75, 3.05) is 15.9 Å². The van der Waals surface area contributed by atoms with E-state index in [2.05, 4.69) is 15.5 Å². The minimum absolute atomic E-state index is 0.0570. The van der Waals surface area contributed by atoms with E-state index in [0.29, 0.717) is 10.6 Å². The molecular weight excluding hydrogens is 442 g/mol. The molecule has 162 valence electrons. The van der Waals surface area contributed by atoms with Crippen LogP contribution in [-0.4, -0.2) is 41.7 Å². The van der Waals surface area contributed by atoms with Gasteiger partial charge in [-0.1, -0.05) is 47.7 Å². The van der Waals surface area contributed by atoms with Gasteiger partial charge in [0, 0.05) is 17.7 Å². The molecule has 0 spiro atoms. The number of carbonyl (C=O) groups is 1. The number of benzene rings is 2. The molecule has 12 heteroatoms. The van der Waals surface area contributed by atoms with E-state index in [9.17, 15) is 23.3 Å². The number of aromatic nitrogens is 2. The van der Waals surface area contributed by atoms with Crippen molar-refractivity contribution in [3.8, 4) is 10.6 Å². The first kappa shape index (κ1) is 22.3. The topological polar surface area (TPSA) is 135 Å². The first-order valence-corrected chi connectivity index (χ1v) is 11.7. The lowest BCUT2D eigenvalue weighted by atomic mass is 10.1. The molecule has 0 unspecified atom stereocenters. The highest BCUT2D eigenvalue weighted by molar-refractivity contribution is 7.92. The summed E-state index contributed by atoms with van der Waals surface area (Å²) in [6.45, 7) is 3.01. The number of nitrogens with one attached hydrogen (secondary N) is 1. The van der Waals surface area contributed by atoms with Gasteiger partial charge in [-0.15, -0.1) is 10.2 Å². The van der Waals surface area contributed by atoms with Crippen LogP contribution >= 0.6 is 11.3 Å². The van der Waals surface area contributed by atoms with Crippen molar-refractivity contribution < 1.29 is 18.1 Å². The Morgan fingerprint density at radius 3 is 2.48 bits per heavy atom. The maximum absolute atomic E-state index is 12.8. The molecule has 1 N–H and O–H groups in total. The van der Waals surface area contributed by atoms with Crippen molar-refractivity contribution in [2.45, 2.75) is 19.9 Å². The number of nitrogens with zero attached hydrogens (tertiary/aromatic N) is 4. The number of anilines is 2. The fourth-order valence-electron chi connectivity index (χ4n) is 2.91. The van der Waals surface area contributed by atoms with Gasteiger partial charge >= 0.3 is 0 Å². The van der Waals surface area contributed by atoms with Crippen LogP contribution in [0, 0.1) is 17.0 Å². The normalized spacial score (nSPS) is 12.2. The molecule has 31 heavy (non-hydrogen) atoms. The van der Waals surface area contributed by atoms with Gasteiger partial charge in [-0.3, -0.25) is 24.5 Å². The predicted molar refractivity (Wildman–Crippen MR) is 119 cm³/mol. The zero-order valence-electron chi connectivity index (χ0n) is 16.8. The van der Waals surface area contributed by atoms with Gasteiger partial charge in [0.05, 0.1) is 16.9 Å². The van der Waals surface area contributed by atoms with Crippen LogP contribution in [0.3, 0.4) is 0 Å². The van der Waals surface area contributed by atoms with Crippen molar-refractivity contribution in [2.24, 2.45) is 0 Å². The summed E-state index contributed by atoms with van der Waals surface area (Å²) in [4.78, 5) is 23.4. The summed E-state index contributed by atoms with van der Waals surface area (Å²) < 4.78 is 25.9. The number of aryl methyl sites for hydroxylation is 1. The van der Waals surface area contributed by atoms with E-state index in [4.69, 9.17) is 0 Å². The molecule has 0 saturated heterocycles. The lowest BCUT2D eigenvalue weighted by Gasteiger charge is -2.29. The van der Waals surface area contributed by atoms with E-state index < -0.39 is 26.9 Å². The zero-order chi connectivity index (χ0) is 22.8. The quantitative estimate of drug-likeness (QED) is 0.421. The molecule has 1 amide bonds. The first-order chi connectivity index (χ1) is 14.6. The van der Waals surface area contributed by atoms with Crippen molar-refractivity contribution >= 4 is 43.8 Å². The fourth-order valence-corrected chi connectivity index (χ4v) is 4.89. The molecule has 0 aliphatic rings. The number of amides is 1. The summed E-state index contributed by atoms with van der Waals surface area (Å²) in [5, 5.41) is 22.5. The summed E-state index contributed by atoms with van der Waals surface area (Å²) in [5.74, 6) is -0.646. The fraction of sp³-hybridized carbons (Fsp3) is 0.211. The summed E-state index contributed by atoms with van der Waals surface area (Å²) in [5.41, 5.74) is 1.08. The molecule has 10 nitrogen and oxygen atoms in total. The Kier molecular flexibility index (Phi) is 6.32. The SMILES string of the molecule is Cc1ccc([N+](=O)[O-])cc1N([C@@H](C)C(=O)Nc1nnc(-c2ccccc2)s1)S(C)(=O)=O. The third-order valence-corrected chi connectivity index (χ3v) is 6.52. The minimum Gasteiger partial charge on any atom is -0.299 e. The average Bonchev–Trinajstić information content (AvgIpc) is 3.17.